The van der Waals surface area contributed by atoms with E-state index in [2.05, 4.69) is 20.9 Å². The minimum Gasteiger partial charge on any atom is -0.454 e. The van der Waals surface area contributed by atoms with Crippen LogP contribution >= 0.6 is 11.3 Å². The van der Waals surface area contributed by atoms with E-state index in [4.69, 9.17) is 9.47 Å². The Hall–Kier alpha value is -3.59. The van der Waals surface area contributed by atoms with Gasteiger partial charge < -0.3 is 20.1 Å². The number of nitrogens with zero attached hydrogens (tertiary/aromatic N) is 1. The van der Waals surface area contributed by atoms with Crippen molar-refractivity contribution in [3.05, 3.63) is 64.2 Å². The first-order valence-electron chi connectivity index (χ1n) is 9.27. The van der Waals surface area contributed by atoms with Gasteiger partial charge >= 0.3 is 6.03 Å². The van der Waals surface area contributed by atoms with Crippen molar-refractivity contribution in [2.75, 3.05) is 17.4 Å². The molecule has 0 spiro atoms. The number of carbonyl (C=O) groups is 2. The number of amides is 3. The van der Waals surface area contributed by atoms with Crippen LogP contribution in [0.3, 0.4) is 0 Å². The highest BCUT2D eigenvalue weighted by atomic mass is 32.1. The van der Waals surface area contributed by atoms with Gasteiger partial charge in [-0.15, -0.1) is 0 Å². The van der Waals surface area contributed by atoms with Crippen molar-refractivity contribution in [1.82, 2.24) is 10.3 Å². The number of nitrogens with one attached hydrogen (secondary N) is 3. The zero-order valence-electron chi connectivity index (χ0n) is 16.4. The topological polar surface area (TPSA) is 102 Å². The molecular formula is C21H20N4O4S. The lowest BCUT2D eigenvalue weighted by Gasteiger charge is -2.06. The standard InChI is InChI=1S/C21H20N4O4S/c1-12-3-6-15(7-4-12)24-20(27)25-21-23-13(2)18(30-21)19(26)22-10-14-5-8-16-17(9-14)29-11-28-16/h3-9H,10-11H2,1-2H3,(H,22,26)(H2,23,24,25,27). The Labute approximate surface area is 177 Å². The fraction of sp³-hybridized carbons (Fsp3) is 0.190. The number of thiazole rings is 1. The van der Waals surface area contributed by atoms with Crippen LogP contribution < -0.4 is 25.4 Å². The summed E-state index contributed by atoms with van der Waals surface area (Å²) in [5.41, 5.74) is 3.22. The molecule has 9 heteroatoms. The van der Waals surface area contributed by atoms with Crippen molar-refractivity contribution < 1.29 is 19.1 Å². The third kappa shape index (κ3) is 4.52. The number of ether oxygens (including phenoxy) is 2. The predicted molar refractivity (Wildman–Crippen MR) is 114 cm³/mol. The molecule has 1 aliphatic rings. The Kier molecular flexibility index (Phi) is 5.53. The smallest absolute Gasteiger partial charge is 0.325 e. The number of hydrogen-bond donors (Lipinski definition) is 3. The average molecular weight is 424 g/mol. The van der Waals surface area contributed by atoms with Crippen molar-refractivity contribution in [2.45, 2.75) is 20.4 Å². The third-order valence-corrected chi connectivity index (χ3v) is 5.49. The van der Waals surface area contributed by atoms with E-state index in [1.807, 2.05) is 49.4 Å². The van der Waals surface area contributed by atoms with E-state index in [1.165, 1.54) is 0 Å². The van der Waals surface area contributed by atoms with Crippen LogP contribution in [0.2, 0.25) is 0 Å². The quantitative estimate of drug-likeness (QED) is 0.573. The third-order valence-electron chi connectivity index (χ3n) is 4.42. The molecule has 3 aromatic rings. The van der Waals surface area contributed by atoms with Gasteiger partial charge in [0.15, 0.2) is 16.6 Å². The lowest BCUT2D eigenvalue weighted by Crippen LogP contribution is -2.22. The Bertz CT molecular complexity index is 1090. The van der Waals surface area contributed by atoms with Gasteiger partial charge in [0, 0.05) is 12.2 Å². The molecule has 4 rings (SSSR count). The van der Waals surface area contributed by atoms with E-state index in [0.29, 0.717) is 39.4 Å². The van der Waals surface area contributed by atoms with Crippen LogP contribution in [0.4, 0.5) is 15.6 Å². The second kappa shape index (κ2) is 8.42. The van der Waals surface area contributed by atoms with E-state index < -0.39 is 6.03 Å². The molecule has 0 fully saturated rings. The average Bonchev–Trinajstić information content (AvgIpc) is 3.33. The monoisotopic (exact) mass is 424 g/mol. The van der Waals surface area contributed by atoms with Gasteiger partial charge in [-0.05, 0) is 43.7 Å². The molecule has 1 aromatic heterocycles. The van der Waals surface area contributed by atoms with Gasteiger partial charge in [0.05, 0.1) is 5.69 Å². The molecule has 0 radical (unpaired) electrons. The summed E-state index contributed by atoms with van der Waals surface area (Å²) in [5, 5.41) is 8.62. The Morgan fingerprint density at radius 2 is 1.80 bits per heavy atom. The summed E-state index contributed by atoms with van der Waals surface area (Å²) in [6.07, 6.45) is 0. The molecule has 0 bridgehead atoms. The number of rotatable bonds is 5. The Morgan fingerprint density at radius 1 is 1.03 bits per heavy atom. The van der Waals surface area contributed by atoms with Crippen LogP contribution in [-0.2, 0) is 6.54 Å². The number of aromatic nitrogens is 1. The van der Waals surface area contributed by atoms with Crippen molar-refractivity contribution in [3.8, 4) is 11.5 Å². The molecule has 1 aliphatic heterocycles. The van der Waals surface area contributed by atoms with Gasteiger partial charge in [0.2, 0.25) is 6.79 Å². The zero-order valence-corrected chi connectivity index (χ0v) is 17.3. The second-order valence-corrected chi connectivity index (χ2v) is 7.75. The van der Waals surface area contributed by atoms with E-state index in [1.54, 1.807) is 6.92 Å². The maximum Gasteiger partial charge on any atom is 0.325 e. The lowest BCUT2D eigenvalue weighted by molar-refractivity contribution is 0.0954. The van der Waals surface area contributed by atoms with E-state index in [-0.39, 0.29) is 12.7 Å². The van der Waals surface area contributed by atoms with Crippen LogP contribution in [0.1, 0.15) is 26.5 Å². The summed E-state index contributed by atoms with van der Waals surface area (Å²) in [6.45, 7) is 4.25. The van der Waals surface area contributed by atoms with Crippen LogP contribution in [0, 0.1) is 13.8 Å². The molecular weight excluding hydrogens is 404 g/mol. The highest BCUT2D eigenvalue weighted by Crippen LogP contribution is 2.32. The zero-order chi connectivity index (χ0) is 21.1. The SMILES string of the molecule is Cc1ccc(NC(=O)Nc2nc(C)c(C(=O)NCc3ccc4c(c3)OCO4)s2)cc1. The predicted octanol–water partition coefficient (Wildman–Crippen LogP) is 4.06. The van der Waals surface area contributed by atoms with Crippen LogP contribution in [0.5, 0.6) is 11.5 Å². The summed E-state index contributed by atoms with van der Waals surface area (Å²) in [7, 11) is 0. The molecule has 30 heavy (non-hydrogen) atoms. The lowest BCUT2D eigenvalue weighted by atomic mass is 10.2. The van der Waals surface area contributed by atoms with Gasteiger partial charge in [-0.3, -0.25) is 10.1 Å². The Balaban J connectivity index is 1.35. The molecule has 8 nitrogen and oxygen atoms in total. The molecule has 0 saturated carbocycles. The van der Waals surface area contributed by atoms with E-state index >= 15 is 0 Å². The fourth-order valence-electron chi connectivity index (χ4n) is 2.87. The maximum absolute atomic E-state index is 12.6. The normalized spacial score (nSPS) is 11.8. The Morgan fingerprint density at radius 3 is 2.60 bits per heavy atom. The number of carbonyl (C=O) groups excluding carboxylic acids is 2. The first kappa shape index (κ1) is 19.7. The van der Waals surface area contributed by atoms with Crippen molar-refractivity contribution in [1.29, 1.82) is 0 Å². The van der Waals surface area contributed by atoms with Crippen molar-refractivity contribution >= 4 is 34.1 Å². The number of anilines is 2. The number of aryl methyl sites for hydroxylation is 2. The minimum absolute atomic E-state index is 0.207. The second-order valence-electron chi connectivity index (χ2n) is 6.75. The van der Waals surface area contributed by atoms with Gasteiger partial charge in [-0.2, -0.15) is 0 Å². The summed E-state index contributed by atoms with van der Waals surface area (Å²) >= 11 is 1.12. The van der Waals surface area contributed by atoms with Crippen molar-refractivity contribution in [3.63, 3.8) is 0 Å². The molecule has 154 valence electrons. The number of fused-ring (bicyclic) bond motifs is 1. The highest BCUT2D eigenvalue weighted by molar-refractivity contribution is 7.17. The fourth-order valence-corrected chi connectivity index (χ4v) is 3.75. The van der Waals surface area contributed by atoms with Crippen LogP contribution in [0.15, 0.2) is 42.5 Å². The number of benzene rings is 2. The number of urea groups is 1. The summed E-state index contributed by atoms with van der Waals surface area (Å²) in [6, 6.07) is 12.6. The molecule has 0 unspecified atom stereocenters. The first-order chi connectivity index (χ1) is 14.5. The molecule has 3 N–H and O–H groups in total. The van der Waals surface area contributed by atoms with E-state index in [9.17, 15) is 9.59 Å². The van der Waals surface area contributed by atoms with Crippen LogP contribution in [0.25, 0.3) is 0 Å². The van der Waals surface area contributed by atoms with Gasteiger partial charge in [0.25, 0.3) is 5.91 Å². The van der Waals surface area contributed by atoms with E-state index in [0.717, 1.165) is 22.5 Å². The molecule has 2 aromatic carbocycles. The summed E-state index contributed by atoms with van der Waals surface area (Å²) in [4.78, 5) is 29.5. The van der Waals surface area contributed by atoms with Gasteiger partial charge in [-0.1, -0.05) is 35.1 Å². The summed E-state index contributed by atoms with van der Waals surface area (Å²) < 4.78 is 10.6. The van der Waals surface area contributed by atoms with Crippen molar-refractivity contribution in [2.24, 2.45) is 0 Å². The number of hydrogen-bond acceptors (Lipinski definition) is 6. The molecule has 0 saturated heterocycles. The molecule has 3 amide bonds. The largest absolute Gasteiger partial charge is 0.454 e. The minimum atomic E-state index is -0.417. The maximum atomic E-state index is 12.6. The molecule has 2 heterocycles. The highest BCUT2D eigenvalue weighted by Gasteiger charge is 2.18. The summed E-state index contributed by atoms with van der Waals surface area (Å²) in [5.74, 6) is 1.11. The van der Waals surface area contributed by atoms with Gasteiger partial charge in [0.1, 0.15) is 4.88 Å². The van der Waals surface area contributed by atoms with Crippen LogP contribution in [-0.4, -0.2) is 23.7 Å². The molecule has 0 atom stereocenters. The molecule has 0 aliphatic carbocycles. The first-order valence-corrected chi connectivity index (χ1v) is 10.1. The van der Waals surface area contributed by atoms with Gasteiger partial charge in [-0.25, -0.2) is 9.78 Å².